The van der Waals surface area contributed by atoms with Crippen molar-refractivity contribution in [2.45, 2.75) is 31.7 Å². The molecule has 1 N–H and O–H groups in total. The summed E-state index contributed by atoms with van der Waals surface area (Å²) in [4.78, 5) is 12.1. The molecule has 0 spiro atoms. The molecule has 0 bridgehead atoms. The second-order valence-corrected chi connectivity index (χ2v) is 4.95. The topological polar surface area (TPSA) is 46.9 Å². The lowest BCUT2D eigenvalue weighted by atomic mass is 10.2. The average molecular weight is 286 g/mol. The first-order chi connectivity index (χ1) is 7.60. The third kappa shape index (κ3) is 2.14. The highest BCUT2D eigenvalue weighted by atomic mass is 79.9. The van der Waals surface area contributed by atoms with Gasteiger partial charge in [-0.1, -0.05) is 22.9 Å². The quantitative estimate of drug-likeness (QED) is 0.855. The van der Waals surface area contributed by atoms with E-state index in [0.29, 0.717) is 5.56 Å². The van der Waals surface area contributed by atoms with E-state index in [0.717, 1.165) is 30.3 Å². The molecule has 1 aliphatic carbocycles. The summed E-state index contributed by atoms with van der Waals surface area (Å²) in [5.41, 5.74) is 1.57. The van der Waals surface area contributed by atoms with Crippen LogP contribution in [0.1, 0.15) is 35.8 Å². The van der Waals surface area contributed by atoms with E-state index in [-0.39, 0.29) is 11.4 Å². The van der Waals surface area contributed by atoms with Crippen molar-refractivity contribution in [3.05, 3.63) is 17.5 Å². The molecule has 0 aliphatic heterocycles. The largest absolute Gasteiger partial charge is 0.346 e. The van der Waals surface area contributed by atoms with Crippen molar-refractivity contribution in [3.8, 4) is 0 Å². The number of hydrogen-bond acceptors (Lipinski definition) is 2. The first-order valence-electron chi connectivity index (χ1n) is 5.51. The van der Waals surface area contributed by atoms with Crippen molar-refractivity contribution in [1.82, 2.24) is 15.1 Å². The van der Waals surface area contributed by atoms with Crippen LogP contribution in [0.4, 0.5) is 0 Å². The van der Waals surface area contributed by atoms with E-state index in [4.69, 9.17) is 0 Å². The third-order valence-corrected chi connectivity index (χ3v) is 4.05. The van der Waals surface area contributed by atoms with E-state index < -0.39 is 0 Å². The van der Waals surface area contributed by atoms with Gasteiger partial charge in [0.1, 0.15) is 0 Å². The van der Waals surface area contributed by atoms with Crippen molar-refractivity contribution in [3.63, 3.8) is 0 Å². The summed E-state index contributed by atoms with van der Waals surface area (Å²) in [7, 11) is 1.84. The van der Waals surface area contributed by atoms with Crippen molar-refractivity contribution in [2.75, 3.05) is 5.33 Å². The summed E-state index contributed by atoms with van der Waals surface area (Å²) in [5.74, 6) is 0.00176. The number of amides is 1. The van der Waals surface area contributed by atoms with Crippen LogP contribution in [0.25, 0.3) is 0 Å². The van der Waals surface area contributed by atoms with E-state index >= 15 is 0 Å². The van der Waals surface area contributed by atoms with Gasteiger partial charge < -0.3 is 5.32 Å². The Morgan fingerprint density at radius 1 is 1.69 bits per heavy atom. The van der Waals surface area contributed by atoms with Crippen molar-refractivity contribution >= 4 is 21.8 Å². The Morgan fingerprint density at radius 2 is 2.38 bits per heavy atom. The summed E-state index contributed by atoms with van der Waals surface area (Å²) in [6, 6.07) is 0. The number of nitrogens with one attached hydrogen (secondary N) is 1. The number of nitrogens with zero attached hydrogens (tertiary/aromatic N) is 2. The third-order valence-electron chi connectivity index (χ3n) is 2.97. The lowest BCUT2D eigenvalue weighted by Crippen LogP contribution is -2.38. The molecule has 16 heavy (non-hydrogen) atoms. The first kappa shape index (κ1) is 11.6. The van der Waals surface area contributed by atoms with Crippen molar-refractivity contribution in [2.24, 2.45) is 7.05 Å². The van der Waals surface area contributed by atoms with Crippen LogP contribution >= 0.6 is 15.9 Å². The van der Waals surface area contributed by atoms with E-state index in [1.165, 1.54) is 0 Å². The molecule has 1 saturated carbocycles. The van der Waals surface area contributed by atoms with Crippen LogP contribution in [0.3, 0.4) is 0 Å². The number of aryl methyl sites for hydroxylation is 2. The van der Waals surface area contributed by atoms with Crippen LogP contribution in [0, 0.1) is 0 Å². The number of carbonyl (C=O) groups excluding carboxylic acids is 1. The molecule has 0 saturated heterocycles. The Bertz CT molecular complexity index is 409. The molecular weight excluding hydrogens is 270 g/mol. The number of halogens is 1. The molecular formula is C11H16BrN3O. The van der Waals surface area contributed by atoms with Gasteiger partial charge >= 0.3 is 0 Å². The Kier molecular flexibility index (Phi) is 3.06. The zero-order valence-electron chi connectivity index (χ0n) is 9.59. The molecule has 0 aromatic carbocycles. The summed E-state index contributed by atoms with van der Waals surface area (Å²) in [5, 5.41) is 8.18. The van der Waals surface area contributed by atoms with Crippen LogP contribution in [-0.2, 0) is 13.5 Å². The molecule has 0 unspecified atom stereocenters. The summed E-state index contributed by atoms with van der Waals surface area (Å²) < 4.78 is 1.70. The Hall–Kier alpha value is -0.840. The minimum absolute atomic E-state index is 0.00176. The molecule has 0 atom stereocenters. The smallest absolute Gasteiger partial charge is 0.255 e. The first-order valence-corrected chi connectivity index (χ1v) is 6.63. The molecule has 0 radical (unpaired) electrons. The minimum Gasteiger partial charge on any atom is -0.346 e. The molecule has 1 amide bonds. The van der Waals surface area contributed by atoms with E-state index in [9.17, 15) is 4.79 Å². The van der Waals surface area contributed by atoms with Crippen LogP contribution in [0.2, 0.25) is 0 Å². The highest BCUT2D eigenvalue weighted by Gasteiger charge is 2.43. The van der Waals surface area contributed by atoms with E-state index in [2.05, 4.69) is 26.3 Å². The second-order valence-electron chi connectivity index (χ2n) is 4.38. The zero-order valence-corrected chi connectivity index (χ0v) is 11.2. The van der Waals surface area contributed by atoms with Crippen LogP contribution in [0.15, 0.2) is 6.20 Å². The molecule has 2 rings (SSSR count). The Morgan fingerprint density at radius 3 is 2.88 bits per heavy atom. The normalized spacial score (nSPS) is 17.2. The number of hydrogen-bond donors (Lipinski definition) is 1. The lowest BCUT2D eigenvalue weighted by Gasteiger charge is -2.13. The van der Waals surface area contributed by atoms with Gasteiger partial charge in [-0.3, -0.25) is 9.48 Å². The van der Waals surface area contributed by atoms with Gasteiger partial charge in [-0.05, 0) is 19.3 Å². The number of carbonyl (C=O) groups is 1. The van der Waals surface area contributed by atoms with Gasteiger partial charge in [-0.2, -0.15) is 5.10 Å². The molecule has 5 heteroatoms. The molecule has 4 nitrogen and oxygen atoms in total. The SMILES string of the molecule is CCc1nn(C)cc1C(=O)NC1(CBr)CC1. The summed E-state index contributed by atoms with van der Waals surface area (Å²) in [6.45, 7) is 2.01. The highest BCUT2D eigenvalue weighted by molar-refractivity contribution is 9.09. The van der Waals surface area contributed by atoms with Crippen molar-refractivity contribution < 1.29 is 4.79 Å². The Balaban J connectivity index is 2.14. The van der Waals surface area contributed by atoms with Gasteiger partial charge in [0.25, 0.3) is 5.91 Å². The molecule has 1 aromatic heterocycles. The maximum atomic E-state index is 12.1. The molecule has 1 fully saturated rings. The Labute approximate surface area is 104 Å². The molecule has 88 valence electrons. The molecule has 1 heterocycles. The van der Waals surface area contributed by atoms with Gasteiger partial charge in [-0.15, -0.1) is 0 Å². The number of rotatable bonds is 4. The fourth-order valence-electron chi connectivity index (χ4n) is 1.74. The highest BCUT2D eigenvalue weighted by Crippen LogP contribution is 2.37. The second kappa shape index (κ2) is 4.20. The standard InChI is InChI=1S/C11H16BrN3O/c1-3-9-8(6-15(2)14-9)10(16)13-11(7-12)4-5-11/h6H,3-5,7H2,1-2H3,(H,13,16). The maximum Gasteiger partial charge on any atom is 0.255 e. The van der Waals surface area contributed by atoms with E-state index in [1.54, 1.807) is 10.9 Å². The zero-order chi connectivity index (χ0) is 11.8. The predicted molar refractivity (Wildman–Crippen MR) is 65.8 cm³/mol. The number of aromatic nitrogens is 2. The minimum atomic E-state index is -0.00205. The summed E-state index contributed by atoms with van der Waals surface area (Å²) in [6.07, 6.45) is 4.70. The van der Waals surface area contributed by atoms with Gasteiger partial charge in [0, 0.05) is 18.6 Å². The average Bonchev–Trinajstić information content (AvgIpc) is 2.93. The predicted octanol–water partition coefficient (Wildman–Crippen LogP) is 1.64. The fourth-order valence-corrected chi connectivity index (χ4v) is 2.44. The van der Waals surface area contributed by atoms with Crippen LogP contribution in [-0.4, -0.2) is 26.6 Å². The maximum absolute atomic E-state index is 12.1. The van der Waals surface area contributed by atoms with Crippen molar-refractivity contribution in [1.29, 1.82) is 0 Å². The van der Waals surface area contributed by atoms with Crippen LogP contribution < -0.4 is 5.32 Å². The van der Waals surface area contributed by atoms with E-state index in [1.807, 2.05) is 14.0 Å². The fraction of sp³-hybridized carbons (Fsp3) is 0.636. The summed E-state index contributed by atoms with van der Waals surface area (Å²) >= 11 is 3.44. The van der Waals surface area contributed by atoms with Gasteiger partial charge in [0.15, 0.2) is 0 Å². The van der Waals surface area contributed by atoms with Gasteiger partial charge in [0.05, 0.1) is 16.8 Å². The van der Waals surface area contributed by atoms with Gasteiger partial charge in [0.2, 0.25) is 0 Å². The molecule has 1 aliphatic rings. The van der Waals surface area contributed by atoms with Gasteiger partial charge in [-0.25, -0.2) is 0 Å². The van der Waals surface area contributed by atoms with Crippen LogP contribution in [0.5, 0.6) is 0 Å². The lowest BCUT2D eigenvalue weighted by molar-refractivity contribution is 0.0935. The molecule has 1 aromatic rings. The number of alkyl halides is 1. The monoisotopic (exact) mass is 285 g/mol.